The fourth-order valence-electron chi connectivity index (χ4n) is 2.87. The maximum Gasteiger partial charge on any atom is 0.305 e. The molecule has 0 aromatic heterocycles. The fraction of sp³-hybridized carbons (Fsp3) is 0.929. The largest absolute Gasteiger partial charge is 0.481 e. The predicted molar refractivity (Wildman–Crippen MR) is 70.2 cm³/mol. The summed E-state index contributed by atoms with van der Waals surface area (Å²) in [6.45, 7) is 6.50. The zero-order valence-corrected chi connectivity index (χ0v) is 11.4. The van der Waals surface area contributed by atoms with E-state index in [4.69, 9.17) is 5.11 Å². The molecule has 0 saturated carbocycles. The van der Waals surface area contributed by atoms with E-state index in [1.807, 2.05) is 0 Å². The van der Waals surface area contributed by atoms with Crippen LogP contribution >= 0.6 is 0 Å². The van der Waals surface area contributed by atoms with Crippen LogP contribution in [0.2, 0.25) is 0 Å². The van der Waals surface area contributed by atoms with E-state index in [0.717, 1.165) is 25.9 Å². The topological polar surface area (TPSA) is 40.5 Å². The number of carbonyl (C=O) groups is 1. The van der Waals surface area contributed by atoms with Crippen molar-refractivity contribution in [2.24, 2.45) is 0 Å². The van der Waals surface area contributed by atoms with Crippen LogP contribution in [0.4, 0.5) is 0 Å². The molecule has 0 aliphatic carbocycles. The molecular formula is C14H27NO2. The Balaban J connectivity index is 2.48. The van der Waals surface area contributed by atoms with Crippen LogP contribution in [-0.2, 0) is 4.79 Å². The van der Waals surface area contributed by atoms with Crippen LogP contribution in [0, 0.1) is 0 Å². The van der Waals surface area contributed by atoms with Gasteiger partial charge in [0.25, 0.3) is 0 Å². The molecule has 0 aromatic rings. The summed E-state index contributed by atoms with van der Waals surface area (Å²) >= 11 is 0. The van der Waals surface area contributed by atoms with Crippen LogP contribution in [0.25, 0.3) is 0 Å². The SMILES string of the molecule is CCCCCCC(C)(CC(=O)O)N1CCCC1. The molecule has 1 rings (SSSR count). The molecule has 1 N–H and O–H groups in total. The van der Waals surface area contributed by atoms with Gasteiger partial charge in [-0.1, -0.05) is 32.6 Å². The average molecular weight is 241 g/mol. The van der Waals surface area contributed by atoms with E-state index < -0.39 is 5.97 Å². The lowest BCUT2D eigenvalue weighted by Crippen LogP contribution is -2.46. The first-order valence-electron chi connectivity index (χ1n) is 7.05. The third kappa shape index (κ3) is 4.66. The fourth-order valence-corrected chi connectivity index (χ4v) is 2.87. The van der Waals surface area contributed by atoms with E-state index in [1.54, 1.807) is 0 Å². The van der Waals surface area contributed by atoms with Gasteiger partial charge in [-0.25, -0.2) is 0 Å². The van der Waals surface area contributed by atoms with Crippen LogP contribution in [0.3, 0.4) is 0 Å². The second-order valence-electron chi connectivity index (χ2n) is 5.57. The van der Waals surface area contributed by atoms with Crippen LogP contribution < -0.4 is 0 Å². The molecule has 0 aromatic carbocycles. The number of unbranched alkanes of at least 4 members (excludes halogenated alkanes) is 3. The smallest absolute Gasteiger partial charge is 0.305 e. The average Bonchev–Trinajstić information content (AvgIpc) is 2.77. The second kappa shape index (κ2) is 7.00. The zero-order chi connectivity index (χ0) is 12.7. The van der Waals surface area contributed by atoms with Crippen LogP contribution in [0.15, 0.2) is 0 Å². The minimum Gasteiger partial charge on any atom is -0.481 e. The first-order valence-corrected chi connectivity index (χ1v) is 7.05. The Hall–Kier alpha value is -0.570. The van der Waals surface area contributed by atoms with Gasteiger partial charge < -0.3 is 5.11 Å². The maximum atomic E-state index is 11.0. The second-order valence-corrected chi connectivity index (χ2v) is 5.57. The number of likely N-dealkylation sites (tertiary alicyclic amines) is 1. The number of nitrogens with zero attached hydrogens (tertiary/aromatic N) is 1. The van der Waals surface area contributed by atoms with Gasteiger partial charge in [-0.15, -0.1) is 0 Å². The molecule has 1 saturated heterocycles. The quantitative estimate of drug-likeness (QED) is 0.663. The van der Waals surface area contributed by atoms with Crippen molar-refractivity contribution in [1.29, 1.82) is 0 Å². The lowest BCUT2D eigenvalue weighted by molar-refractivity contribution is -0.140. The summed E-state index contributed by atoms with van der Waals surface area (Å²) in [7, 11) is 0. The highest BCUT2D eigenvalue weighted by Gasteiger charge is 2.35. The minimum absolute atomic E-state index is 0.115. The lowest BCUT2D eigenvalue weighted by Gasteiger charge is -2.38. The van der Waals surface area contributed by atoms with Crippen molar-refractivity contribution in [3.05, 3.63) is 0 Å². The summed E-state index contributed by atoms with van der Waals surface area (Å²) in [6.07, 6.45) is 8.67. The van der Waals surface area contributed by atoms with Crippen molar-refractivity contribution in [1.82, 2.24) is 4.90 Å². The van der Waals surface area contributed by atoms with Crippen molar-refractivity contribution in [2.75, 3.05) is 13.1 Å². The number of hydrogen-bond acceptors (Lipinski definition) is 2. The Kier molecular flexibility index (Phi) is 5.96. The molecule has 0 bridgehead atoms. The van der Waals surface area contributed by atoms with Crippen molar-refractivity contribution in [3.8, 4) is 0 Å². The Morgan fingerprint density at radius 2 is 1.88 bits per heavy atom. The molecule has 0 radical (unpaired) electrons. The molecule has 100 valence electrons. The summed E-state index contributed by atoms with van der Waals surface area (Å²) in [5, 5.41) is 9.09. The van der Waals surface area contributed by atoms with Crippen molar-refractivity contribution in [3.63, 3.8) is 0 Å². The van der Waals surface area contributed by atoms with Crippen molar-refractivity contribution >= 4 is 5.97 Å². The number of aliphatic carboxylic acids is 1. The first kappa shape index (κ1) is 14.5. The maximum absolute atomic E-state index is 11.0. The molecule has 3 heteroatoms. The zero-order valence-electron chi connectivity index (χ0n) is 11.4. The van der Waals surface area contributed by atoms with Crippen LogP contribution in [0.5, 0.6) is 0 Å². The lowest BCUT2D eigenvalue weighted by atomic mass is 9.89. The minimum atomic E-state index is -0.658. The highest BCUT2D eigenvalue weighted by atomic mass is 16.4. The van der Waals surface area contributed by atoms with Gasteiger partial charge in [0.15, 0.2) is 0 Å². The Labute approximate surface area is 105 Å². The molecule has 0 amide bonds. The van der Waals surface area contributed by atoms with Crippen LogP contribution in [-0.4, -0.2) is 34.6 Å². The summed E-state index contributed by atoms with van der Waals surface area (Å²) in [5.41, 5.74) is -0.115. The van der Waals surface area contributed by atoms with Crippen LogP contribution in [0.1, 0.15) is 65.2 Å². The Morgan fingerprint density at radius 3 is 2.41 bits per heavy atom. The van der Waals surface area contributed by atoms with Crippen molar-refractivity contribution < 1.29 is 9.90 Å². The Morgan fingerprint density at radius 1 is 1.24 bits per heavy atom. The van der Waals surface area contributed by atoms with E-state index >= 15 is 0 Å². The Bertz CT molecular complexity index is 236. The molecule has 1 aliphatic rings. The molecule has 1 unspecified atom stereocenters. The predicted octanol–water partition coefficient (Wildman–Crippen LogP) is 3.29. The number of carboxylic acid groups (broad SMARTS) is 1. The molecule has 0 spiro atoms. The van der Waals surface area contributed by atoms with E-state index in [9.17, 15) is 4.79 Å². The molecule has 3 nitrogen and oxygen atoms in total. The number of carboxylic acids is 1. The monoisotopic (exact) mass is 241 g/mol. The van der Waals surface area contributed by atoms with Gasteiger partial charge in [-0.3, -0.25) is 9.69 Å². The summed E-state index contributed by atoms with van der Waals surface area (Å²) in [4.78, 5) is 13.4. The molecule has 1 atom stereocenters. The summed E-state index contributed by atoms with van der Waals surface area (Å²) in [5.74, 6) is -0.658. The van der Waals surface area contributed by atoms with Gasteiger partial charge in [0.05, 0.1) is 6.42 Å². The normalized spacial score (nSPS) is 20.4. The molecular weight excluding hydrogens is 214 g/mol. The van der Waals surface area contributed by atoms with Gasteiger partial charge in [0.2, 0.25) is 0 Å². The third-order valence-electron chi connectivity index (χ3n) is 3.97. The van der Waals surface area contributed by atoms with Gasteiger partial charge in [0.1, 0.15) is 0 Å². The highest BCUT2D eigenvalue weighted by molar-refractivity contribution is 5.68. The van der Waals surface area contributed by atoms with Gasteiger partial charge >= 0.3 is 5.97 Å². The van der Waals surface area contributed by atoms with E-state index in [1.165, 1.54) is 32.1 Å². The summed E-state index contributed by atoms with van der Waals surface area (Å²) < 4.78 is 0. The molecule has 1 aliphatic heterocycles. The number of rotatable bonds is 8. The number of hydrogen-bond donors (Lipinski definition) is 1. The van der Waals surface area contributed by atoms with E-state index in [-0.39, 0.29) is 5.54 Å². The standard InChI is InChI=1S/C14H27NO2/c1-3-4-5-6-9-14(2,12-13(16)17)15-10-7-8-11-15/h3-12H2,1-2H3,(H,16,17). The first-order chi connectivity index (χ1) is 8.08. The molecule has 17 heavy (non-hydrogen) atoms. The van der Waals surface area contributed by atoms with Crippen molar-refractivity contribution in [2.45, 2.75) is 70.8 Å². The molecule has 1 fully saturated rings. The highest BCUT2D eigenvalue weighted by Crippen LogP contribution is 2.30. The van der Waals surface area contributed by atoms with Gasteiger partial charge in [0, 0.05) is 5.54 Å². The third-order valence-corrected chi connectivity index (χ3v) is 3.97. The molecule has 1 heterocycles. The van der Waals surface area contributed by atoms with E-state index in [0.29, 0.717) is 6.42 Å². The summed E-state index contributed by atoms with van der Waals surface area (Å²) in [6, 6.07) is 0. The van der Waals surface area contributed by atoms with Gasteiger partial charge in [-0.05, 0) is 39.3 Å². The van der Waals surface area contributed by atoms with Gasteiger partial charge in [-0.2, -0.15) is 0 Å². The van der Waals surface area contributed by atoms with E-state index in [2.05, 4.69) is 18.7 Å².